The molecule has 0 spiro atoms. The summed E-state index contributed by atoms with van der Waals surface area (Å²) in [6.07, 6.45) is 1.77. The number of hydrogen-bond acceptors (Lipinski definition) is 3. The topological polar surface area (TPSA) is 58.2 Å². The molecule has 0 radical (unpaired) electrons. The van der Waals surface area contributed by atoms with Crippen molar-refractivity contribution in [2.45, 2.75) is 30.7 Å². The molecular formula is C12H18N2O2S. The fourth-order valence-corrected chi connectivity index (χ4v) is 3.22. The van der Waals surface area contributed by atoms with E-state index in [1.54, 1.807) is 12.1 Å². The molecule has 1 heterocycles. The first kappa shape index (κ1) is 12.5. The van der Waals surface area contributed by atoms with E-state index in [1.807, 2.05) is 19.1 Å². The van der Waals surface area contributed by atoms with Crippen LogP contribution in [0.5, 0.6) is 0 Å². The second-order valence-corrected chi connectivity index (χ2v) is 6.02. The first-order chi connectivity index (χ1) is 8.12. The van der Waals surface area contributed by atoms with Gasteiger partial charge in [-0.05, 0) is 37.1 Å². The quantitative estimate of drug-likeness (QED) is 0.839. The fraction of sp³-hybridized carbons (Fsp3) is 0.500. The van der Waals surface area contributed by atoms with Crippen molar-refractivity contribution in [2.24, 2.45) is 0 Å². The minimum absolute atomic E-state index is 0.0193. The van der Waals surface area contributed by atoms with Crippen LogP contribution in [0.15, 0.2) is 29.2 Å². The molecule has 1 aliphatic heterocycles. The molecular weight excluding hydrogens is 236 g/mol. The average molecular weight is 254 g/mol. The van der Waals surface area contributed by atoms with Crippen LogP contribution in [0, 0.1) is 0 Å². The van der Waals surface area contributed by atoms with Crippen LogP contribution >= 0.6 is 0 Å². The zero-order valence-corrected chi connectivity index (χ0v) is 10.8. The van der Waals surface area contributed by atoms with Crippen LogP contribution in [-0.4, -0.2) is 27.5 Å². The van der Waals surface area contributed by atoms with Gasteiger partial charge >= 0.3 is 0 Å². The third-order valence-corrected chi connectivity index (χ3v) is 4.56. The highest BCUT2D eigenvalue weighted by Crippen LogP contribution is 2.12. The highest BCUT2D eigenvalue weighted by atomic mass is 32.2. The summed E-state index contributed by atoms with van der Waals surface area (Å²) in [6, 6.07) is 7.08. The van der Waals surface area contributed by atoms with Crippen LogP contribution in [0.2, 0.25) is 0 Å². The summed E-state index contributed by atoms with van der Waals surface area (Å²) in [4.78, 5) is 0.349. The van der Waals surface area contributed by atoms with Crippen molar-refractivity contribution >= 4 is 10.0 Å². The van der Waals surface area contributed by atoms with Crippen LogP contribution in [0.25, 0.3) is 0 Å². The van der Waals surface area contributed by atoms with Gasteiger partial charge in [-0.2, -0.15) is 0 Å². The van der Waals surface area contributed by atoms with Crippen molar-refractivity contribution in [1.29, 1.82) is 0 Å². The third-order valence-electron chi connectivity index (χ3n) is 3.02. The lowest BCUT2D eigenvalue weighted by atomic mass is 10.2. The van der Waals surface area contributed by atoms with E-state index in [1.165, 1.54) is 0 Å². The van der Waals surface area contributed by atoms with E-state index in [-0.39, 0.29) is 6.04 Å². The molecule has 94 valence electrons. The van der Waals surface area contributed by atoms with E-state index in [0.29, 0.717) is 11.4 Å². The van der Waals surface area contributed by atoms with Gasteiger partial charge in [0.05, 0.1) is 4.90 Å². The normalized spacial score (nSPS) is 20.6. The molecule has 0 unspecified atom stereocenters. The maximum Gasteiger partial charge on any atom is 0.240 e. The van der Waals surface area contributed by atoms with Crippen LogP contribution in [0.3, 0.4) is 0 Å². The Hall–Kier alpha value is -0.910. The van der Waals surface area contributed by atoms with E-state index in [9.17, 15) is 8.42 Å². The van der Waals surface area contributed by atoms with Gasteiger partial charge in [0.1, 0.15) is 0 Å². The van der Waals surface area contributed by atoms with E-state index >= 15 is 0 Å². The molecule has 4 nitrogen and oxygen atoms in total. The van der Waals surface area contributed by atoms with Crippen molar-refractivity contribution in [2.75, 3.05) is 13.1 Å². The molecule has 2 rings (SSSR count). The molecule has 0 aromatic heterocycles. The molecule has 0 aliphatic carbocycles. The zero-order valence-electron chi connectivity index (χ0n) is 9.94. The zero-order chi connectivity index (χ0) is 12.3. The van der Waals surface area contributed by atoms with Gasteiger partial charge in [-0.1, -0.05) is 19.1 Å². The van der Waals surface area contributed by atoms with E-state index in [4.69, 9.17) is 0 Å². The van der Waals surface area contributed by atoms with Crippen LogP contribution in [0.4, 0.5) is 0 Å². The molecule has 0 saturated carbocycles. The second kappa shape index (κ2) is 5.16. The summed E-state index contributed by atoms with van der Waals surface area (Å²) < 4.78 is 26.8. The molecule has 0 amide bonds. The van der Waals surface area contributed by atoms with E-state index in [0.717, 1.165) is 24.9 Å². The lowest BCUT2D eigenvalue weighted by Gasteiger charge is -2.12. The third kappa shape index (κ3) is 3.06. The Labute approximate surface area is 102 Å². The number of rotatable bonds is 4. The van der Waals surface area contributed by atoms with Gasteiger partial charge in [-0.3, -0.25) is 0 Å². The Morgan fingerprint density at radius 2 is 2.06 bits per heavy atom. The number of sulfonamides is 1. The number of hydrogen-bond donors (Lipinski definition) is 2. The second-order valence-electron chi connectivity index (χ2n) is 4.31. The first-order valence-corrected chi connectivity index (χ1v) is 7.42. The predicted molar refractivity (Wildman–Crippen MR) is 67.4 cm³/mol. The van der Waals surface area contributed by atoms with Gasteiger partial charge in [-0.15, -0.1) is 0 Å². The Morgan fingerprint density at radius 1 is 1.35 bits per heavy atom. The maximum atomic E-state index is 12.0. The van der Waals surface area contributed by atoms with Crippen molar-refractivity contribution in [3.05, 3.63) is 29.8 Å². The number of aryl methyl sites for hydroxylation is 1. The number of nitrogens with one attached hydrogen (secondary N) is 2. The smallest absolute Gasteiger partial charge is 0.240 e. The van der Waals surface area contributed by atoms with Crippen LogP contribution < -0.4 is 10.0 Å². The fourth-order valence-electron chi connectivity index (χ4n) is 1.95. The highest BCUT2D eigenvalue weighted by Gasteiger charge is 2.22. The summed E-state index contributed by atoms with van der Waals surface area (Å²) in [5, 5.41) is 3.14. The van der Waals surface area contributed by atoms with E-state index in [2.05, 4.69) is 10.0 Å². The predicted octanol–water partition coefficient (Wildman–Crippen LogP) is 0.889. The molecule has 1 aliphatic rings. The minimum Gasteiger partial charge on any atom is -0.315 e. The SMILES string of the molecule is CCc1ccc(S(=O)(=O)N[C@H]2CCNC2)cc1. The molecule has 2 N–H and O–H groups in total. The van der Waals surface area contributed by atoms with Gasteiger partial charge in [-0.25, -0.2) is 13.1 Å². The molecule has 1 saturated heterocycles. The lowest BCUT2D eigenvalue weighted by Crippen LogP contribution is -2.36. The monoisotopic (exact) mass is 254 g/mol. The van der Waals surface area contributed by atoms with E-state index < -0.39 is 10.0 Å². The molecule has 5 heteroatoms. The molecule has 17 heavy (non-hydrogen) atoms. The first-order valence-electron chi connectivity index (χ1n) is 5.94. The summed E-state index contributed by atoms with van der Waals surface area (Å²) in [5.41, 5.74) is 1.14. The summed E-state index contributed by atoms with van der Waals surface area (Å²) >= 11 is 0. The van der Waals surface area contributed by atoms with Gasteiger partial charge < -0.3 is 5.32 Å². The molecule has 1 aromatic carbocycles. The largest absolute Gasteiger partial charge is 0.315 e. The Balaban J connectivity index is 2.12. The maximum absolute atomic E-state index is 12.0. The van der Waals surface area contributed by atoms with Gasteiger partial charge in [0.25, 0.3) is 0 Å². The van der Waals surface area contributed by atoms with Crippen molar-refractivity contribution < 1.29 is 8.42 Å². The average Bonchev–Trinajstić information content (AvgIpc) is 2.81. The Morgan fingerprint density at radius 3 is 2.59 bits per heavy atom. The minimum atomic E-state index is -3.36. The van der Waals surface area contributed by atoms with Crippen LogP contribution in [0.1, 0.15) is 18.9 Å². The molecule has 1 fully saturated rings. The lowest BCUT2D eigenvalue weighted by molar-refractivity contribution is 0.560. The van der Waals surface area contributed by atoms with Crippen molar-refractivity contribution in [3.63, 3.8) is 0 Å². The van der Waals surface area contributed by atoms with Gasteiger partial charge in [0, 0.05) is 12.6 Å². The summed E-state index contributed by atoms with van der Waals surface area (Å²) in [6.45, 7) is 3.64. The standard InChI is InChI=1S/C12H18N2O2S/c1-2-10-3-5-12(6-4-10)17(15,16)14-11-7-8-13-9-11/h3-6,11,13-14H,2,7-9H2,1H3/t11-/m0/s1. The molecule has 1 aromatic rings. The van der Waals surface area contributed by atoms with Crippen molar-refractivity contribution in [3.8, 4) is 0 Å². The Kier molecular flexibility index (Phi) is 3.81. The van der Waals surface area contributed by atoms with Gasteiger partial charge in [0.2, 0.25) is 10.0 Å². The van der Waals surface area contributed by atoms with Gasteiger partial charge in [0.15, 0.2) is 0 Å². The van der Waals surface area contributed by atoms with Crippen molar-refractivity contribution in [1.82, 2.24) is 10.0 Å². The summed E-state index contributed by atoms with van der Waals surface area (Å²) in [7, 11) is -3.36. The summed E-state index contributed by atoms with van der Waals surface area (Å²) in [5.74, 6) is 0. The number of benzene rings is 1. The molecule has 1 atom stereocenters. The highest BCUT2D eigenvalue weighted by molar-refractivity contribution is 7.89. The molecule has 0 bridgehead atoms. The van der Waals surface area contributed by atoms with Crippen LogP contribution in [-0.2, 0) is 16.4 Å². The Bertz CT molecular complexity index is 462.